The molecule has 0 aliphatic heterocycles. The molecule has 0 aliphatic rings. The second-order valence-electron chi connectivity index (χ2n) is 3.75. The van der Waals surface area contributed by atoms with Crippen molar-refractivity contribution in [1.82, 2.24) is 0 Å². The summed E-state index contributed by atoms with van der Waals surface area (Å²) < 4.78 is 13.0. The highest BCUT2D eigenvalue weighted by molar-refractivity contribution is 6.31. The first-order valence-corrected chi connectivity index (χ1v) is 5.75. The molecule has 2 aromatic carbocycles. The van der Waals surface area contributed by atoms with Gasteiger partial charge in [0.15, 0.2) is 0 Å². The number of halogens is 2. The number of nitrogens with zero attached hydrogens (tertiary/aromatic N) is 1. The van der Waals surface area contributed by atoms with E-state index in [1.165, 1.54) is 12.1 Å². The van der Waals surface area contributed by atoms with Gasteiger partial charge < -0.3 is 5.32 Å². The molecule has 0 heterocycles. The van der Waals surface area contributed by atoms with Gasteiger partial charge in [-0.05, 0) is 29.8 Å². The molecule has 2 aromatic rings. The van der Waals surface area contributed by atoms with Gasteiger partial charge in [0.1, 0.15) is 11.9 Å². The summed E-state index contributed by atoms with van der Waals surface area (Å²) in [5.74, 6) is -0.421. The maximum Gasteiger partial charge on any atom is 0.124 e. The highest BCUT2D eigenvalue weighted by Crippen LogP contribution is 2.20. The van der Waals surface area contributed by atoms with Gasteiger partial charge in [0.2, 0.25) is 0 Å². The second-order valence-corrected chi connectivity index (χ2v) is 4.15. The van der Waals surface area contributed by atoms with E-state index in [1.807, 2.05) is 24.3 Å². The molecule has 0 radical (unpaired) electrons. The molecule has 0 unspecified atom stereocenters. The summed E-state index contributed by atoms with van der Waals surface area (Å²) in [5, 5.41) is 12.6. The lowest BCUT2D eigenvalue weighted by Gasteiger charge is -2.09. The Morgan fingerprint density at radius 2 is 2.00 bits per heavy atom. The highest BCUT2D eigenvalue weighted by Gasteiger charge is 2.04. The van der Waals surface area contributed by atoms with Crippen molar-refractivity contribution in [3.63, 3.8) is 0 Å². The Labute approximate surface area is 110 Å². The molecule has 0 saturated carbocycles. The van der Waals surface area contributed by atoms with Crippen LogP contribution in [-0.4, -0.2) is 0 Å². The zero-order valence-corrected chi connectivity index (χ0v) is 10.2. The maximum atomic E-state index is 13.0. The van der Waals surface area contributed by atoms with E-state index in [0.717, 1.165) is 5.56 Å². The fraction of sp³-hybridized carbons (Fsp3) is 0.0714. The zero-order chi connectivity index (χ0) is 13.0. The molecule has 0 spiro atoms. The van der Waals surface area contributed by atoms with Gasteiger partial charge in [0.25, 0.3) is 0 Å². The Kier molecular flexibility index (Phi) is 3.81. The van der Waals surface area contributed by atoms with E-state index in [1.54, 1.807) is 12.1 Å². The molecule has 0 atom stereocenters. The van der Waals surface area contributed by atoms with E-state index in [9.17, 15) is 4.39 Å². The number of nitrogens with one attached hydrogen (secondary N) is 1. The quantitative estimate of drug-likeness (QED) is 0.907. The predicted molar refractivity (Wildman–Crippen MR) is 69.9 cm³/mol. The number of anilines is 1. The summed E-state index contributed by atoms with van der Waals surface area (Å²) in [6.45, 7) is 0.486. The fourth-order valence-electron chi connectivity index (χ4n) is 1.60. The predicted octanol–water partition coefficient (Wildman–Crippen LogP) is 3.96. The molecule has 2 nitrogen and oxygen atoms in total. The molecule has 0 aromatic heterocycles. The Hall–Kier alpha value is -2.05. The average molecular weight is 261 g/mol. The molecular formula is C14H10ClFN2. The van der Waals surface area contributed by atoms with Crippen LogP contribution < -0.4 is 5.32 Å². The van der Waals surface area contributed by atoms with Crippen LogP contribution >= 0.6 is 11.6 Å². The van der Waals surface area contributed by atoms with Gasteiger partial charge in [-0.1, -0.05) is 29.8 Å². The van der Waals surface area contributed by atoms with Crippen molar-refractivity contribution in [3.05, 3.63) is 64.4 Å². The third kappa shape index (κ3) is 2.79. The minimum absolute atomic E-state index is 0.280. The van der Waals surface area contributed by atoms with Crippen LogP contribution in [0.4, 0.5) is 10.1 Å². The number of rotatable bonds is 3. The van der Waals surface area contributed by atoms with E-state index < -0.39 is 5.82 Å². The van der Waals surface area contributed by atoms with Crippen LogP contribution in [0.5, 0.6) is 0 Å². The van der Waals surface area contributed by atoms with Gasteiger partial charge in [-0.25, -0.2) is 4.39 Å². The fourth-order valence-corrected chi connectivity index (χ4v) is 1.80. The molecular weight excluding hydrogens is 251 g/mol. The number of hydrogen-bond acceptors (Lipinski definition) is 2. The third-order valence-electron chi connectivity index (χ3n) is 2.53. The van der Waals surface area contributed by atoms with Crippen LogP contribution in [-0.2, 0) is 6.54 Å². The Balaban J connectivity index is 2.16. The van der Waals surface area contributed by atoms with E-state index in [2.05, 4.69) is 5.32 Å². The first-order chi connectivity index (χ1) is 8.70. The zero-order valence-electron chi connectivity index (χ0n) is 9.45. The van der Waals surface area contributed by atoms with Gasteiger partial charge >= 0.3 is 0 Å². The smallest absolute Gasteiger partial charge is 0.124 e. The van der Waals surface area contributed by atoms with Crippen molar-refractivity contribution >= 4 is 17.3 Å². The van der Waals surface area contributed by atoms with Crippen LogP contribution in [0, 0.1) is 17.1 Å². The van der Waals surface area contributed by atoms with Crippen molar-refractivity contribution in [2.24, 2.45) is 0 Å². The van der Waals surface area contributed by atoms with E-state index in [-0.39, 0.29) is 5.56 Å². The van der Waals surface area contributed by atoms with Crippen molar-refractivity contribution in [1.29, 1.82) is 5.26 Å². The van der Waals surface area contributed by atoms with Crippen LogP contribution in [0.25, 0.3) is 0 Å². The second kappa shape index (κ2) is 5.52. The normalized spacial score (nSPS) is 9.83. The van der Waals surface area contributed by atoms with Gasteiger partial charge in [0, 0.05) is 11.6 Å². The van der Waals surface area contributed by atoms with Gasteiger partial charge in [0.05, 0.1) is 11.3 Å². The molecule has 18 heavy (non-hydrogen) atoms. The first kappa shape index (κ1) is 12.4. The number of hydrogen-bond donors (Lipinski definition) is 1. The van der Waals surface area contributed by atoms with Crippen molar-refractivity contribution < 1.29 is 4.39 Å². The first-order valence-electron chi connectivity index (χ1n) is 5.37. The molecule has 2 rings (SSSR count). The van der Waals surface area contributed by atoms with Crippen molar-refractivity contribution in [2.75, 3.05) is 5.32 Å². The van der Waals surface area contributed by atoms with Gasteiger partial charge in [-0.2, -0.15) is 5.26 Å². The summed E-state index contributed by atoms with van der Waals surface area (Å²) in [4.78, 5) is 0. The summed E-state index contributed by atoms with van der Waals surface area (Å²) >= 11 is 6.02. The molecule has 90 valence electrons. The van der Waals surface area contributed by atoms with Crippen LogP contribution in [0.1, 0.15) is 11.1 Å². The number of benzene rings is 2. The molecule has 0 fully saturated rings. The number of nitriles is 1. The van der Waals surface area contributed by atoms with E-state index in [0.29, 0.717) is 17.3 Å². The molecule has 0 saturated heterocycles. The summed E-state index contributed by atoms with van der Waals surface area (Å²) in [6.07, 6.45) is 0. The summed E-state index contributed by atoms with van der Waals surface area (Å²) in [5.41, 5.74) is 1.80. The van der Waals surface area contributed by atoms with Crippen LogP contribution in [0.3, 0.4) is 0 Å². The molecule has 4 heteroatoms. The van der Waals surface area contributed by atoms with Crippen molar-refractivity contribution in [3.8, 4) is 6.07 Å². The van der Waals surface area contributed by atoms with Crippen molar-refractivity contribution in [2.45, 2.75) is 6.54 Å². The van der Waals surface area contributed by atoms with Crippen LogP contribution in [0.2, 0.25) is 5.02 Å². The molecule has 1 N–H and O–H groups in total. The van der Waals surface area contributed by atoms with E-state index >= 15 is 0 Å². The average Bonchev–Trinajstić information content (AvgIpc) is 2.39. The minimum Gasteiger partial charge on any atom is -0.380 e. The summed E-state index contributed by atoms with van der Waals surface area (Å²) in [7, 11) is 0. The molecule has 0 bridgehead atoms. The monoisotopic (exact) mass is 260 g/mol. The minimum atomic E-state index is -0.421. The standard InChI is InChI=1S/C14H10ClFN2/c15-13-4-2-1-3-10(13)9-18-14-6-5-12(16)7-11(14)8-17/h1-7,18H,9H2. The largest absolute Gasteiger partial charge is 0.380 e. The van der Waals surface area contributed by atoms with E-state index in [4.69, 9.17) is 16.9 Å². The summed E-state index contributed by atoms with van der Waals surface area (Å²) in [6, 6.07) is 13.4. The Morgan fingerprint density at radius 1 is 1.22 bits per heavy atom. The lowest BCUT2D eigenvalue weighted by molar-refractivity contribution is 0.627. The Morgan fingerprint density at radius 3 is 2.72 bits per heavy atom. The lowest BCUT2D eigenvalue weighted by atomic mass is 10.1. The molecule has 0 aliphatic carbocycles. The maximum absolute atomic E-state index is 13.0. The highest BCUT2D eigenvalue weighted by atomic mass is 35.5. The Bertz CT molecular complexity index is 605. The third-order valence-corrected chi connectivity index (χ3v) is 2.90. The van der Waals surface area contributed by atoms with Gasteiger partial charge in [-0.3, -0.25) is 0 Å². The topological polar surface area (TPSA) is 35.8 Å². The SMILES string of the molecule is N#Cc1cc(F)ccc1NCc1ccccc1Cl. The van der Waals surface area contributed by atoms with Crippen LogP contribution in [0.15, 0.2) is 42.5 Å². The molecule has 0 amide bonds. The lowest BCUT2D eigenvalue weighted by Crippen LogP contribution is -2.02. The van der Waals surface area contributed by atoms with Gasteiger partial charge in [-0.15, -0.1) is 0 Å².